The maximum Gasteiger partial charge on any atom is 0.435 e. The first-order valence-corrected chi connectivity index (χ1v) is 7.22. The van der Waals surface area contributed by atoms with Crippen LogP contribution in [0.15, 0.2) is 35.2 Å². The Kier molecular flexibility index (Phi) is 3.93. The first-order valence-electron chi connectivity index (χ1n) is 5.68. The Morgan fingerprint density at radius 3 is 1.87 bits per heavy atom. The van der Waals surface area contributed by atoms with Crippen LogP contribution in [-0.4, -0.2) is 18.2 Å². The molecular formula is C11H7F6N3O2S. The zero-order valence-corrected chi connectivity index (χ0v) is 11.7. The smallest absolute Gasteiger partial charge is 0.228 e. The van der Waals surface area contributed by atoms with Gasteiger partial charge in [-0.15, -0.1) is 0 Å². The van der Waals surface area contributed by atoms with Gasteiger partial charge in [0.2, 0.25) is 10.0 Å². The monoisotopic (exact) mass is 359 g/mol. The first-order chi connectivity index (χ1) is 10.3. The van der Waals surface area contributed by atoms with Crippen molar-refractivity contribution in [2.75, 3.05) is 0 Å². The van der Waals surface area contributed by atoms with E-state index in [9.17, 15) is 34.8 Å². The number of aromatic nitrogens is 2. The maximum absolute atomic E-state index is 12.9. The Morgan fingerprint density at radius 2 is 1.48 bits per heavy atom. The molecule has 0 aliphatic heterocycles. The number of benzene rings is 1. The molecule has 2 rings (SSSR count). The summed E-state index contributed by atoms with van der Waals surface area (Å²) in [5.41, 5.74) is -3.77. The zero-order valence-electron chi connectivity index (χ0n) is 10.9. The van der Waals surface area contributed by atoms with Crippen LogP contribution in [-0.2, 0) is 22.4 Å². The van der Waals surface area contributed by atoms with Gasteiger partial charge >= 0.3 is 12.4 Å². The summed E-state index contributed by atoms with van der Waals surface area (Å²) in [7, 11) is -4.09. The third-order valence-corrected chi connectivity index (χ3v) is 3.63. The summed E-state index contributed by atoms with van der Waals surface area (Å²) in [6.45, 7) is 0. The summed E-state index contributed by atoms with van der Waals surface area (Å²) in [5.74, 6) is 0. The highest BCUT2D eigenvalue weighted by molar-refractivity contribution is 7.89. The minimum absolute atomic E-state index is 0.0374. The molecule has 0 spiro atoms. The average molecular weight is 359 g/mol. The van der Waals surface area contributed by atoms with Gasteiger partial charge in [0, 0.05) is 6.07 Å². The molecule has 2 N–H and O–H groups in total. The van der Waals surface area contributed by atoms with Crippen molar-refractivity contribution >= 4 is 10.0 Å². The van der Waals surface area contributed by atoms with Crippen molar-refractivity contribution in [3.63, 3.8) is 0 Å². The summed E-state index contributed by atoms with van der Waals surface area (Å²) in [6.07, 6.45) is -10.2. The van der Waals surface area contributed by atoms with E-state index >= 15 is 0 Å². The average Bonchev–Trinajstić information content (AvgIpc) is 2.82. The molecule has 5 nitrogen and oxygen atoms in total. The molecule has 12 heteroatoms. The van der Waals surface area contributed by atoms with Crippen LogP contribution in [0.25, 0.3) is 5.69 Å². The molecule has 0 aliphatic carbocycles. The van der Waals surface area contributed by atoms with Crippen LogP contribution >= 0.6 is 0 Å². The second-order valence-electron chi connectivity index (χ2n) is 4.36. The van der Waals surface area contributed by atoms with Crippen LogP contribution in [0.2, 0.25) is 0 Å². The van der Waals surface area contributed by atoms with Gasteiger partial charge in [-0.2, -0.15) is 31.4 Å². The number of nitrogens with two attached hydrogens (primary N) is 1. The Balaban J connectivity index is 2.60. The van der Waals surface area contributed by atoms with Gasteiger partial charge in [-0.3, -0.25) is 0 Å². The largest absolute Gasteiger partial charge is 0.435 e. The molecule has 1 aromatic heterocycles. The van der Waals surface area contributed by atoms with E-state index in [1.807, 2.05) is 0 Å². The molecule has 0 saturated carbocycles. The van der Waals surface area contributed by atoms with Gasteiger partial charge in [0.25, 0.3) is 0 Å². The molecule has 0 fully saturated rings. The minimum Gasteiger partial charge on any atom is -0.228 e. The van der Waals surface area contributed by atoms with Crippen molar-refractivity contribution < 1.29 is 34.8 Å². The molecule has 0 radical (unpaired) electrons. The lowest BCUT2D eigenvalue weighted by molar-refractivity contribution is -0.143. The van der Waals surface area contributed by atoms with E-state index in [2.05, 4.69) is 5.10 Å². The van der Waals surface area contributed by atoms with Gasteiger partial charge in [-0.05, 0) is 24.3 Å². The van der Waals surface area contributed by atoms with Gasteiger partial charge < -0.3 is 0 Å². The predicted molar refractivity (Wildman–Crippen MR) is 64.9 cm³/mol. The fourth-order valence-electron chi connectivity index (χ4n) is 1.70. The number of rotatable bonds is 2. The Labute approximate surface area is 125 Å². The molecule has 0 bridgehead atoms. The third kappa shape index (κ3) is 3.64. The van der Waals surface area contributed by atoms with Gasteiger partial charge in [-0.25, -0.2) is 18.2 Å². The molecule has 23 heavy (non-hydrogen) atoms. The van der Waals surface area contributed by atoms with E-state index in [1.54, 1.807) is 0 Å². The Morgan fingerprint density at radius 1 is 0.957 bits per heavy atom. The summed E-state index contributed by atoms with van der Waals surface area (Å²) >= 11 is 0. The van der Waals surface area contributed by atoms with Crippen LogP contribution in [0.5, 0.6) is 0 Å². The lowest BCUT2D eigenvalue weighted by Gasteiger charge is -2.10. The van der Waals surface area contributed by atoms with Crippen LogP contribution < -0.4 is 5.14 Å². The second-order valence-corrected chi connectivity index (χ2v) is 5.92. The molecule has 0 unspecified atom stereocenters. The molecule has 1 heterocycles. The number of hydrogen-bond donors (Lipinski definition) is 1. The summed E-state index contributed by atoms with van der Waals surface area (Å²) in [4.78, 5) is -0.405. The molecule has 1 aromatic carbocycles. The number of primary sulfonamides is 1. The van der Waals surface area contributed by atoms with Crippen LogP contribution in [0.4, 0.5) is 26.3 Å². The standard InChI is InChI=1S/C11H7F6N3O2S/c12-10(13,14)8-5-9(11(15,16)17)20(19-8)6-1-3-7(4-2-6)23(18,21)22/h1-5H,(H2,18,21,22). The van der Waals surface area contributed by atoms with E-state index in [0.29, 0.717) is 0 Å². The van der Waals surface area contributed by atoms with E-state index in [4.69, 9.17) is 5.14 Å². The number of nitrogens with zero attached hydrogens (tertiary/aromatic N) is 2. The SMILES string of the molecule is NS(=O)(=O)c1ccc(-n2nc(C(F)(F)F)cc2C(F)(F)F)cc1. The quantitative estimate of drug-likeness (QED) is 0.837. The van der Waals surface area contributed by atoms with Crippen LogP contribution in [0, 0.1) is 0 Å². The topological polar surface area (TPSA) is 78.0 Å². The first kappa shape index (κ1) is 17.3. The normalized spacial score (nSPS) is 13.3. The molecule has 126 valence electrons. The lowest BCUT2D eigenvalue weighted by atomic mass is 10.3. The number of sulfonamides is 1. The number of halogens is 6. The molecule has 2 aromatic rings. The fraction of sp³-hybridized carbons (Fsp3) is 0.182. The third-order valence-electron chi connectivity index (χ3n) is 2.70. The van der Waals surface area contributed by atoms with Crippen molar-refractivity contribution in [3.8, 4) is 5.69 Å². The van der Waals surface area contributed by atoms with E-state index in [1.165, 1.54) is 0 Å². The van der Waals surface area contributed by atoms with Crippen molar-refractivity contribution in [1.82, 2.24) is 9.78 Å². The molecule has 0 saturated heterocycles. The zero-order chi connectivity index (χ0) is 17.6. The van der Waals surface area contributed by atoms with Crippen molar-refractivity contribution in [2.24, 2.45) is 5.14 Å². The fourth-order valence-corrected chi connectivity index (χ4v) is 2.21. The highest BCUT2D eigenvalue weighted by Crippen LogP contribution is 2.36. The Bertz CT molecular complexity index is 821. The number of alkyl halides is 6. The maximum atomic E-state index is 12.9. The lowest BCUT2D eigenvalue weighted by Crippen LogP contribution is -2.14. The van der Waals surface area contributed by atoms with Gasteiger partial charge in [0.15, 0.2) is 5.69 Å². The second kappa shape index (κ2) is 5.23. The van der Waals surface area contributed by atoms with Gasteiger partial charge in [-0.1, -0.05) is 0 Å². The summed E-state index contributed by atoms with van der Waals surface area (Å²) in [6, 6.07) is 3.32. The van der Waals surface area contributed by atoms with Crippen LogP contribution in [0.1, 0.15) is 11.4 Å². The number of hydrogen-bond acceptors (Lipinski definition) is 3. The molecule has 0 aliphatic rings. The Hall–Kier alpha value is -2.08. The van der Waals surface area contributed by atoms with Crippen LogP contribution in [0.3, 0.4) is 0 Å². The van der Waals surface area contributed by atoms with Gasteiger partial charge in [0.1, 0.15) is 5.69 Å². The van der Waals surface area contributed by atoms with Crippen molar-refractivity contribution in [1.29, 1.82) is 0 Å². The highest BCUT2D eigenvalue weighted by Gasteiger charge is 2.42. The predicted octanol–water partition coefficient (Wildman–Crippen LogP) is 2.56. The summed E-state index contributed by atoms with van der Waals surface area (Å²) < 4.78 is 98.5. The minimum atomic E-state index is -5.09. The van der Waals surface area contributed by atoms with Crippen molar-refractivity contribution in [3.05, 3.63) is 41.7 Å². The molecular weight excluding hydrogens is 352 g/mol. The van der Waals surface area contributed by atoms with E-state index in [-0.39, 0.29) is 10.7 Å². The molecule has 0 amide bonds. The highest BCUT2D eigenvalue weighted by atomic mass is 32.2. The van der Waals surface area contributed by atoms with E-state index < -0.39 is 44.3 Å². The van der Waals surface area contributed by atoms with Crippen molar-refractivity contribution in [2.45, 2.75) is 17.2 Å². The van der Waals surface area contributed by atoms with Gasteiger partial charge in [0.05, 0.1) is 10.6 Å². The van der Waals surface area contributed by atoms with E-state index in [0.717, 1.165) is 24.3 Å². The summed E-state index contributed by atoms with van der Waals surface area (Å²) in [5, 5.41) is 7.73. The molecule has 0 atom stereocenters.